The van der Waals surface area contributed by atoms with Gasteiger partial charge in [0.2, 0.25) is 0 Å². The van der Waals surface area contributed by atoms with Gasteiger partial charge in [0.05, 0.1) is 21.8 Å². The average molecular weight is 801 g/mol. The lowest BCUT2D eigenvalue weighted by Gasteiger charge is -2.34. The molecular formula is C56H36N2S2. The zero-order chi connectivity index (χ0) is 39.6. The van der Waals surface area contributed by atoms with Gasteiger partial charge < -0.3 is 9.80 Å². The number of para-hydroxylation sites is 1. The van der Waals surface area contributed by atoms with Crippen molar-refractivity contribution in [2.24, 2.45) is 0 Å². The van der Waals surface area contributed by atoms with Gasteiger partial charge in [-0.25, -0.2) is 0 Å². The minimum atomic E-state index is 1.10. The summed E-state index contributed by atoms with van der Waals surface area (Å²) in [6.07, 6.45) is 0. The lowest BCUT2D eigenvalue weighted by molar-refractivity contribution is 1.25. The minimum absolute atomic E-state index is 1.10. The molecule has 12 rings (SSSR count). The number of fused-ring (bicyclic) bond motifs is 9. The first-order valence-corrected chi connectivity index (χ1v) is 22.0. The molecule has 0 saturated carbocycles. The normalized spacial score (nSPS) is 11.7. The number of benzene rings is 10. The van der Waals surface area contributed by atoms with Crippen LogP contribution in [-0.4, -0.2) is 0 Å². The molecule has 0 aliphatic rings. The summed E-state index contributed by atoms with van der Waals surface area (Å²) in [5.74, 6) is 0. The molecule has 0 bridgehead atoms. The Morgan fingerprint density at radius 1 is 0.300 bits per heavy atom. The van der Waals surface area contributed by atoms with Gasteiger partial charge in [-0.05, 0) is 99.4 Å². The van der Waals surface area contributed by atoms with E-state index in [-0.39, 0.29) is 0 Å². The number of rotatable bonds is 7. The Balaban J connectivity index is 1.26. The summed E-state index contributed by atoms with van der Waals surface area (Å²) in [5, 5.41) is 9.99. The van der Waals surface area contributed by atoms with E-state index in [0.717, 1.165) is 34.1 Å². The highest BCUT2D eigenvalue weighted by molar-refractivity contribution is 7.26. The maximum atomic E-state index is 2.53. The molecule has 2 heterocycles. The molecule has 0 amide bonds. The molecule has 10 aromatic carbocycles. The van der Waals surface area contributed by atoms with Crippen LogP contribution < -0.4 is 9.80 Å². The van der Waals surface area contributed by atoms with Gasteiger partial charge in [0.1, 0.15) is 0 Å². The smallest absolute Gasteiger partial charge is 0.0796 e. The van der Waals surface area contributed by atoms with Crippen LogP contribution in [0.5, 0.6) is 0 Å². The largest absolute Gasteiger partial charge is 0.308 e. The van der Waals surface area contributed by atoms with E-state index in [9.17, 15) is 0 Å². The molecule has 60 heavy (non-hydrogen) atoms. The fourth-order valence-corrected chi connectivity index (χ4v) is 11.4. The van der Waals surface area contributed by atoms with Crippen LogP contribution in [0, 0.1) is 0 Å². The zero-order valence-electron chi connectivity index (χ0n) is 32.5. The highest BCUT2D eigenvalue weighted by Crippen LogP contribution is 2.55. The number of hydrogen-bond acceptors (Lipinski definition) is 4. The van der Waals surface area contributed by atoms with Gasteiger partial charge in [-0.2, -0.15) is 0 Å². The maximum absolute atomic E-state index is 2.53. The highest BCUT2D eigenvalue weighted by Gasteiger charge is 2.28. The van der Waals surface area contributed by atoms with Crippen molar-refractivity contribution in [1.29, 1.82) is 0 Å². The van der Waals surface area contributed by atoms with Crippen LogP contribution in [0.1, 0.15) is 0 Å². The predicted molar refractivity (Wildman–Crippen MR) is 262 cm³/mol. The molecule has 0 aliphatic carbocycles. The molecular weight excluding hydrogens is 765 g/mol. The molecule has 0 radical (unpaired) electrons. The van der Waals surface area contributed by atoms with Crippen LogP contribution >= 0.6 is 22.7 Å². The SMILES string of the molecule is c1ccc(-c2cccc(N(c3ccc4sc5ccc6ccccc6c5c4c3N(c3ccccc3)c3ccc4ccccc4c3)c3cccc4c3sc3ccccc34)c2)cc1. The van der Waals surface area contributed by atoms with Crippen LogP contribution in [0.4, 0.5) is 34.1 Å². The molecule has 0 unspecified atom stereocenters. The van der Waals surface area contributed by atoms with Crippen molar-refractivity contribution < 1.29 is 0 Å². The molecule has 0 saturated heterocycles. The van der Waals surface area contributed by atoms with E-state index in [2.05, 4.69) is 228 Å². The Labute approximate surface area is 356 Å². The fraction of sp³-hybridized carbons (Fsp3) is 0. The number of nitrogens with zero attached hydrogens (tertiary/aromatic N) is 2. The van der Waals surface area contributed by atoms with Crippen molar-refractivity contribution in [2.75, 3.05) is 9.80 Å². The summed E-state index contributed by atoms with van der Waals surface area (Å²) < 4.78 is 5.07. The van der Waals surface area contributed by atoms with Gasteiger partial charge in [0.15, 0.2) is 0 Å². The Bertz CT molecular complexity index is 3570. The second-order valence-corrected chi connectivity index (χ2v) is 17.4. The summed E-state index contributed by atoms with van der Waals surface area (Å²) >= 11 is 3.75. The van der Waals surface area contributed by atoms with Crippen molar-refractivity contribution in [3.63, 3.8) is 0 Å². The topological polar surface area (TPSA) is 6.48 Å². The Morgan fingerprint density at radius 2 is 0.917 bits per heavy atom. The second-order valence-electron chi connectivity index (χ2n) is 15.3. The summed E-state index contributed by atoms with van der Waals surface area (Å²) in [6.45, 7) is 0. The Kier molecular flexibility index (Phi) is 8.25. The highest BCUT2D eigenvalue weighted by atomic mass is 32.1. The van der Waals surface area contributed by atoms with Crippen molar-refractivity contribution in [2.45, 2.75) is 0 Å². The maximum Gasteiger partial charge on any atom is 0.0796 e. The van der Waals surface area contributed by atoms with Crippen LogP contribution in [0.2, 0.25) is 0 Å². The Hall–Kier alpha value is -7.24. The zero-order valence-corrected chi connectivity index (χ0v) is 34.1. The quantitative estimate of drug-likeness (QED) is 0.158. The van der Waals surface area contributed by atoms with Crippen molar-refractivity contribution in [1.82, 2.24) is 0 Å². The van der Waals surface area contributed by atoms with E-state index in [0.29, 0.717) is 0 Å². The van der Waals surface area contributed by atoms with E-state index in [1.165, 1.54) is 73.0 Å². The van der Waals surface area contributed by atoms with E-state index >= 15 is 0 Å². The molecule has 2 nitrogen and oxygen atoms in total. The minimum Gasteiger partial charge on any atom is -0.308 e. The molecule has 4 heteroatoms. The standard InChI is InChI=1S/C56H36N2S2/c1-3-15-37(16-4-1)41-20-13-23-43(35-41)58(49-27-14-26-47-46-25-11-12-28-50(46)60-56(47)49)48-32-34-52-54(53-45-24-10-9-18-39(45)30-33-51(53)59-52)55(48)57(42-21-5-2-6-22-42)44-31-29-38-17-7-8-19-40(38)36-44/h1-36H. The molecule has 0 atom stereocenters. The fourth-order valence-electron chi connectivity index (χ4n) is 9.08. The Morgan fingerprint density at radius 3 is 1.78 bits per heavy atom. The third-order valence-corrected chi connectivity index (χ3v) is 14.1. The van der Waals surface area contributed by atoms with E-state index in [4.69, 9.17) is 0 Å². The first-order chi connectivity index (χ1) is 29.8. The monoisotopic (exact) mass is 800 g/mol. The van der Waals surface area contributed by atoms with Gasteiger partial charge in [-0.3, -0.25) is 0 Å². The van der Waals surface area contributed by atoms with Gasteiger partial charge in [-0.15, -0.1) is 22.7 Å². The van der Waals surface area contributed by atoms with Crippen LogP contribution in [-0.2, 0) is 0 Å². The lowest BCUT2D eigenvalue weighted by atomic mass is 9.99. The van der Waals surface area contributed by atoms with Gasteiger partial charge >= 0.3 is 0 Å². The lowest BCUT2D eigenvalue weighted by Crippen LogP contribution is -2.17. The summed E-state index contributed by atoms with van der Waals surface area (Å²) in [5.41, 5.74) is 9.04. The third-order valence-electron chi connectivity index (χ3n) is 11.8. The van der Waals surface area contributed by atoms with Gasteiger partial charge in [0, 0.05) is 52.7 Å². The van der Waals surface area contributed by atoms with Crippen LogP contribution in [0.25, 0.3) is 73.0 Å². The predicted octanol–water partition coefficient (Wildman–Crippen LogP) is 17.3. The summed E-state index contributed by atoms with van der Waals surface area (Å²) in [6, 6.07) is 80.1. The van der Waals surface area contributed by atoms with Crippen molar-refractivity contribution in [3.8, 4) is 11.1 Å². The van der Waals surface area contributed by atoms with Crippen LogP contribution in [0.15, 0.2) is 218 Å². The number of anilines is 6. The number of hydrogen-bond donors (Lipinski definition) is 0. The molecule has 0 spiro atoms. The molecule has 0 aliphatic heterocycles. The molecule has 2 aromatic heterocycles. The molecule has 0 fully saturated rings. The molecule has 0 N–H and O–H groups in total. The summed E-state index contributed by atoms with van der Waals surface area (Å²) in [4.78, 5) is 5.04. The van der Waals surface area contributed by atoms with Crippen LogP contribution in [0.3, 0.4) is 0 Å². The van der Waals surface area contributed by atoms with E-state index < -0.39 is 0 Å². The molecule has 12 aromatic rings. The van der Waals surface area contributed by atoms with E-state index in [1.54, 1.807) is 0 Å². The number of thiophene rings is 2. The van der Waals surface area contributed by atoms with Crippen molar-refractivity contribution >= 4 is 119 Å². The first kappa shape index (κ1) is 34.8. The summed E-state index contributed by atoms with van der Waals surface area (Å²) in [7, 11) is 0. The average Bonchev–Trinajstić information content (AvgIpc) is 3.90. The third kappa shape index (κ3) is 5.68. The van der Waals surface area contributed by atoms with Crippen molar-refractivity contribution in [3.05, 3.63) is 218 Å². The molecule has 282 valence electrons. The van der Waals surface area contributed by atoms with Gasteiger partial charge in [0.25, 0.3) is 0 Å². The van der Waals surface area contributed by atoms with E-state index in [1.807, 2.05) is 22.7 Å². The first-order valence-electron chi connectivity index (χ1n) is 20.3. The second kappa shape index (κ2) is 14.2. The van der Waals surface area contributed by atoms with Gasteiger partial charge in [-0.1, -0.05) is 152 Å².